The minimum absolute atomic E-state index is 0.486. The van der Waals surface area contributed by atoms with Crippen molar-refractivity contribution in [3.05, 3.63) is 30.3 Å². The third kappa shape index (κ3) is 3.39. The van der Waals surface area contributed by atoms with Crippen LogP contribution in [0.5, 0.6) is 0 Å². The van der Waals surface area contributed by atoms with Crippen molar-refractivity contribution in [3.63, 3.8) is 0 Å². The third-order valence-electron chi connectivity index (χ3n) is 4.08. The standard InChI is InChI=1S/C15H21N5O/c21-15(10-6-1-2-7-11-15)12-16-14-17-18-19-20(14)13-8-4-3-5-9-13/h3-5,8-9,21H,1-2,6-7,10-12H2,(H,16,17,19). The van der Waals surface area contributed by atoms with Gasteiger partial charge in [0.05, 0.1) is 11.3 Å². The van der Waals surface area contributed by atoms with Gasteiger partial charge >= 0.3 is 0 Å². The first-order chi connectivity index (χ1) is 10.3. The highest BCUT2D eigenvalue weighted by Gasteiger charge is 2.28. The fourth-order valence-corrected chi connectivity index (χ4v) is 2.85. The molecule has 0 spiro atoms. The Balaban J connectivity index is 1.70. The molecule has 1 aromatic carbocycles. The van der Waals surface area contributed by atoms with Gasteiger partial charge in [0.2, 0.25) is 5.95 Å². The molecule has 21 heavy (non-hydrogen) atoms. The molecule has 2 aromatic rings. The molecule has 3 rings (SSSR count). The molecule has 2 N–H and O–H groups in total. The molecule has 0 unspecified atom stereocenters. The average Bonchev–Trinajstić information content (AvgIpc) is 2.88. The first-order valence-electron chi connectivity index (χ1n) is 7.57. The molecule has 1 aliphatic rings. The Morgan fingerprint density at radius 1 is 1.10 bits per heavy atom. The molecule has 112 valence electrons. The summed E-state index contributed by atoms with van der Waals surface area (Å²) in [6.07, 6.45) is 6.28. The van der Waals surface area contributed by atoms with Crippen molar-refractivity contribution in [3.8, 4) is 5.69 Å². The number of hydrogen-bond donors (Lipinski definition) is 2. The lowest BCUT2D eigenvalue weighted by Gasteiger charge is -2.26. The van der Waals surface area contributed by atoms with Gasteiger partial charge in [-0.05, 0) is 35.4 Å². The Hall–Kier alpha value is -1.95. The molecule has 0 aliphatic heterocycles. The summed E-state index contributed by atoms with van der Waals surface area (Å²) >= 11 is 0. The van der Waals surface area contributed by atoms with Crippen molar-refractivity contribution >= 4 is 5.95 Å². The predicted octanol–water partition coefficient (Wildman–Crippen LogP) is 2.16. The van der Waals surface area contributed by atoms with Gasteiger partial charge in [0.1, 0.15) is 0 Å². The summed E-state index contributed by atoms with van der Waals surface area (Å²) in [5.41, 5.74) is 0.252. The molecule has 1 aliphatic carbocycles. The molecule has 0 saturated heterocycles. The fourth-order valence-electron chi connectivity index (χ4n) is 2.85. The van der Waals surface area contributed by atoms with E-state index in [4.69, 9.17) is 0 Å². The van der Waals surface area contributed by atoms with Gasteiger partial charge in [0, 0.05) is 6.54 Å². The van der Waals surface area contributed by atoms with Gasteiger partial charge in [0.25, 0.3) is 0 Å². The number of hydrogen-bond acceptors (Lipinski definition) is 5. The summed E-state index contributed by atoms with van der Waals surface area (Å²) in [5.74, 6) is 0.568. The zero-order chi connectivity index (χ0) is 14.5. The first-order valence-corrected chi connectivity index (χ1v) is 7.57. The summed E-state index contributed by atoms with van der Waals surface area (Å²) in [6.45, 7) is 0.486. The van der Waals surface area contributed by atoms with Crippen LogP contribution in [0.25, 0.3) is 5.69 Å². The molecule has 0 radical (unpaired) electrons. The zero-order valence-corrected chi connectivity index (χ0v) is 12.1. The minimum Gasteiger partial charge on any atom is -0.388 e. The van der Waals surface area contributed by atoms with E-state index in [2.05, 4.69) is 20.8 Å². The van der Waals surface area contributed by atoms with Crippen LogP contribution >= 0.6 is 0 Å². The quantitative estimate of drug-likeness (QED) is 0.843. The maximum atomic E-state index is 10.7. The summed E-state index contributed by atoms with van der Waals surface area (Å²) in [6, 6.07) is 9.73. The molecule has 6 heteroatoms. The van der Waals surface area contributed by atoms with Crippen LogP contribution in [-0.4, -0.2) is 37.5 Å². The van der Waals surface area contributed by atoms with Gasteiger partial charge in [-0.15, -0.1) is 0 Å². The summed E-state index contributed by atoms with van der Waals surface area (Å²) in [5, 5.41) is 25.6. The van der Waals surface area contributed by atoms with Crippen LogP contribution in [0.15, 0.2) is 30.3 Å². The number of tetrazole rings is 1. The summed E-state index contributed by atoms with van der Waals surface area (Å²) in [4.78, 5) is 0. The second-order valence-electron chi connectivity index (χ2n) is 5.74. The van der Waals surface area contributed by atoms with Gasteiger partial charge in [-0.3, -0.25) is 0 Å². The van der Waals surface area contributed by atoms with Crippen molar-refractivity contribution in [1.82, 2.24) is 20.2 Å². The molecular formula is C15H21N5O. The SMILES string of the molecule is OC1(CNc2nnnn2-c2ccccc2)CCCCCC1. The second kappa shape index (κ2) is 6.22. The van der Waals surface area contributed by atoms with Crippen LogP contribution in [0.3, 0.4) is 0 Å². The molecule has 1 saturated carbocycles. The highest BCUT2D eigenvalue weighted by Crippen LogP contribution is 2.27. The average molecular weight is 287 g/mol. The number of rotatable bonds is 4. The van der Waals surface area contributed by atoms with Gasteiger partial charge in [-0.1, -0.05) is 49.0 Å². The minimum atomic E-state index is -0.649. The van der Waals surface area contributed by atoms with Crippen LogP contribution in [-0.2, 0) is 0 Å². The number of nitrogens with one attached hydrogen (secondary N) is 1. The van der Waals surface area contributed by atoms with E-state index in [0.29, 0.717) is 12.5 Å². The smallest absolute Gasteiger partial charge is 0.247 e. The van der Waals surface area contributed by atoms with E-state index in [1.165, 1.54) is 12.8 Å². The number of aliphatic hydroxyl groups is 1. The molecular weight excluding hydrogens is 266 g/mol. The molecule has 0 atom stereocenters. The Kier molecular flexibility index (Phi) is 4.15. The summed E-state index contributed by atoms with van der Waals surface area (Å²) in [7, 11) is 0. The largest absolute Gasteiger partial charge is 0.388 e. The zero-order valence-electron chi connectivity index (χ0n) is 12.1. The van der Waals surface area contributed by atoms with Crippen molar-refractivity contribution in [2.45, 2.75) is 44.1 Å². The van der Waals surface area contributed by atoms with Crippen LogP contribution in [0.1, 0.15) is 38.5 Å². The highest BCUT2D eigenvalue weighted by molar-refractivity contribution is 5.38. The van der Waals surface area contributed by atoms with Gasteiger partial charge in [-0.25, -0.2) is 0 Å². The lowest BCUT2D eigenvalue weighted by atomic mass is 9.95. The fraction of sp³-hybridized carbons (Fsp3) is 0.533. The van der Waals surface area contributed by atoms with E-state index in [0.717, 1.165) is 31.4 Å². The molecule has 1 aromatic heterocycles. The molecule has 0 amide bonds. The molecule has 6 nitrogen and oxygen atoms in total. The topological polar surface area (TPSA) is 75.9 Å². The third-order valence-corrected chi connectivity index (χ3v) is 4.08. The number of para-hydroxylation sites is 1. The van der Waals surface area contributed by atoms with E-state index in [9.17, 15) is 5.11 Å². The van der Waals surface area contributed by atoms with Crippen LogP contribution in [0, 0.1) is 0 Å². The molecule has 1 fully saturated rings. The van der Waals surface area contributed by atoms with Crippen molar-refractivity contribution in [1.29, 1.82) is 0 Å². The predicted molar refractivity (Wildman–Crippen MR) is 80.3 cm³/mol. The highest BCUT2D eigenvalue weighted by atomic mass is 16.3. The Bertz CT molecular complexity index is 560. The van der Waals surface area contributed by atoms with E-state index < -0.39 is 5.60 Å². The van der Waals surface area contributed by atoms with Crippen molar-refractivity contribution in [2.24, 2.45) is 0 Å². The van der Waals surface area contributed by atoms with Gasteiger partial charge < -0.3 is 10.4 Å². The number of aromatic nitrogens is 4. The maximum absolute atomic E-state index is 10.7. The molecule has 0 bridgehead atoms. The second-order valence-corrected chi connectivity index (χ2v) is 5.74. The van der Waals surface area contributed by atoms with E-state index in [-0.39, 0.29) is 0 Å². The number of benzene rings is 1. The van der Waals surface area contributed by atoms with Gasteiger partial charge in [0.15, 0.2) is 0 Å². The monoisotopic (exact) mass is 287 g/mol. The normalized spacial score (nSPS) is 18.1. The van der Waals surface area contributed by atoms with Gasteiger partial charge in [-0.2, -0.15) is 4.68 Å². The molecule has 1 heterocycles. The summed E-state index contributed by atoms with van der Waals surface area (Å²) < 4.78 is 1.65. The Morgan fingerprint density at radius 2 is 1.81 bits per heavy atom. The maximum Gasteiger partial charge on any atom is 0.247 e. The Morgan fingerprint density at radius 3 is 2.52 bits per heavy atom. The van der Waals surface area contributed by atoms with Crippen LogP contribution in [0.2, 0.25) is 0 Å². The van der Waals surface area contributed by atoms with E-state index in [1.54, 1.807) is 4.68 Å². The number of nitrogens with zero attached hydrogens (tertiary/aromatic N) is 4. The van der Waals surface area contributed by atoms with E-state index in [1.807, 2.05) is 30.3 Å². The lowest BCUT2D eigenvalue weighted by Crippen LogP contribution is -2.36. The lowest BCUT2D eigenvalue weighted by molar-refractivity contribution is 0.0379. The Labute approximate surface area is 124 Å². The number of anilines is 1. The van der Waals surface area contributed by atoms with E-state index >= 15 is 0 Å². The first kappa shape index (κ1) is 14.0. The van der Waals surface area contributed by atoms with Crippen molar-refractivity contribution < 1.29 is 5.11 Å². The van der Waals surface area contributed by atoms with Crippen LogP contribution < -0.4 is 5.32 Å². The van der Waals surface area contributed by atoms with Crippen molar-refractivity contribution in [2.75, 3.05) is 11.9 Å². The van der Waals surface area contributed by atoms with Crippen LogP contribution in [0.4, 0.5) is 5.95 Å².